The third kappa shape index (κ3) is 5.00. The first-order valence-corrected chi connectivity index (χ1v) is 7.70. The van der Waals surface area contributed by atoms with Crippen LogP contribution in [0.5, 0.6) is 0 Å². The molecule has 122 valence electrons. The van der Waals surface area contributed by atoms with Crippen LogP contribution < -0.4 is 5.32 Å². The van der Waals surface area contributed by atoms with Crippen LogP contribution >= 0.6 is 23.2 Å². The molecule has 0 amide bonds. The number of para-hydroxylation sites is 1. The average Bonchev–Trinajstić information content (AvgIpc) is 2.94. The van der Waals surface area contributed by atoms with Crippen LogP contribution in [0.4, 0.5) is 5.69 Å². The van der Waals surface area contributed by atoms with E-state index in [9.17, 15) is 0 Å². The van der Waals surface area contributed by atoms with Crippen LogP contribution in [-0.4, -0.2) is 57.6 Å². The summed E-state index contributed by atoms with van der Waals surface area (Å²) in [5, 5.41) is 5.86. The van der Waals surface area contributed by atoms with E-state index in [1.54, 1.807) is 30.4 Å². The normalized spacial score (nSPS) is 14.3. The van der Waals surface area contributed by atoms with E-state index in [-0.39, 0.29) is 0 Å². The average molecular weight is 348 g/mol. The Bertz CT molecular complexity index is 494. The smallest absolute Gasteiger partial charge is 0.223 e. The number of hydrogen-bond acceptors (Lipinski definition) is 6. The van der Waals surface area contributed by atoms with Gasteiger partial charge in [-0.05, 0) is 12.1 Å². The molecule has 0 radical (unpaired) electrons. The van der Waals surface area contributed by atoms with Gasteiger partial charge in [-0.2, -0.15) is 0 Å². The summed E-state index contributed by atoms with van der Waals surface area (Å²) in [4.78, 5) is 9.99. The molecule has 1 N–H and O–H groups in total. The minimum Gasteiger partial charge on any atom is -0.382 e. The van der Waals surface area contributed by atoms with E-state index in [1.165, 1.54) is 0 Å². The van der Waals surface area contributed by atoms with Gasteiger partial charge in [-0.1, -0.05) is 29.3 Å². The highest BCUT2D eigenvalue weighted by Crippen LogP contribution is 2.30. The molecule has 0 saturated heterocycles. The van der Waals surface area contributed by atoms with Gasteiger partial charge in [0.2, 0.25) is 5.96 Å². The first kappa shape index (κ1) is 17.3. The monoisotopic (exact) mass is 347 g/mol. The number of methoxy groups -OCH3 is 1. The molecule has 0 saturated carbocycles. The van der Waals surface area contributed by atoms with Crippen molar-refractivity contribution in [2.24, 2.45) is 4.99 Å². The van der Waals surface area contributed by atoms with Crippen LogP contribution in [0.25, 0.3) is 0 Å². The summed E-state index contributed by atoms with van der Waals surface area (Å²) in [6, 6.07) is 5.32. The zero-order valence-electron chi connectivity index (χ0n) is 12.3. The van der Waals surface area contributed by atoms with Gasteiger partial charge in [0.05, 0.1) is 55.2 Å². The third-order valence-electron chi connectivity index (χ3n) is 2.91. The van der Waals surface area contributed by atoms with E-state index in [1.807, 2.05) is 0 Å². The van der Waals surface area contributed by atoms with Crippen molar-refractivity contribution < 1.29 is 14.3 Å². The fourth-order valence-electron chi connectivity index (χ4n) is 1.84. The highest BCUT2D eigenvalue weighted by Gasteiger charge is 2.19. The quantitative estimate of drug-likeness (QED) is 0.732. The molecule has 1 aromatic rings. The second-order valence-corrected chi connectivity index (χ2v) is 5.28. The number of benzene rings is 1. The predicted octanol–water partition coefficient (Wildman–Crippen LogP) is 2.67. The number of halogens is 2. The zero-order chi connectivity index (χ0) is 15.8. The molecule has 0 fully saturated rings. The lowest BCUT2D eigenvalue weighted by Crippen LogP contribution is -2.34. The number of ether oxygens (including phenoxy) is 2. The molecule has 0 atom stereocenters. The largest absolute Gasteiger partial charge is 0.382 e. The maximum Gasteiger partial charge on any atom is 0.223 e. The van der Waals surface area contributed by atoms with Crippen LogP contribution in [0.1, 0.15) is 0 Å². The van der Waals surface area contributed by atoms with Gasteiger partial charge in [0.1, 0.15) is 0 Å². The number of hydrogen-bond donors (Lipinski definition) is 1. The Morgan fingerprint density at radius 1 is 1.18 bits per heavy atom. The number of rotatable bonds is 8. The number of anilines is 1. The van der Waals surface area contributed by atoms with Crippen molar-refractivity contribution in [1.29, 1.82) is 0 Å². The maximum absolute atomic E-state index is 6.14. The number of guanidine groups is 1. The van der Waals surface area contributed by atoms with Crippen LogP contribution in [0, 0.1) is 0 Å². The Labute approximate surface area is 139 Å². The molecule has 0 bridgehead atoms. The Morgan fingerprint density at radius 3 is 2.64 bits per heavy atom. The molecule has 0 aromatic heterocycles. The Kier molecular flexibility index (Phi) is 7.21. The molecule has 0 aliphatic carbocycles. The molecule has 1 aliphatic rings. The van der Waals surface area contributed by atoms with E-state index >= 15 is 0 Å². The van der Waals surface area contributed by atoms with E-state index in [4.69, 9.17) is 37.5 Å². The van der Waals surface area contributed by atoms with Crippen molar-refractivity contribution >= 4 is 34.8 Å². The minimum atomic E-state index is 0.431. The molecule has 1 heterocycles. The van der Waals surface area contributed by atoms with E-state index in [0.717, 1.165) is 0 Å². The summed E-state index contributed by atoms with van der Waals surface area (Å²) in [7, 11) is 1.64. The number of nitrogens with zero attached hydrogens (tertiary/aromatic N) is 2. The first-order valence-electron chi connectivity index (χ1n) is 6.95. The van der Waals surface area contributed by atoms with Crippen molar-refractivity contribution in [3.8, 4) is 0 Å². The van der Waals surface area contributed by atoms with Crippen molar-refractivity contribution in [3.05, 3.63) is 28.2 Å². The van der Waals surface area contributed by atoms with Crippen LogP contribution in [-0.2, 0) is 14.3 Å². The zero-order valence-corrected chi connectivity index (χ0v) is 13.9. The van der Waals surface area contributed by atoms with E-state index in [0.29, 0.717) is 61.2 Å². The molecule has 0 spiro atoms. The van der Waals surface area contributed by atoms with E-state index < -0.39 is 0 Å². The Hall–Kier alpha value is -1.05. The lowest BCUT2D eigenvalue weighted by molar-refractivity contribution is -0.110. The fraction of sp³-hybridized carbons (Fsp3) is 0.500. The third-order valence-corrected chi connectivity index (χ3v) is 3.54. The van der Waals surface area contributed by atoms with Crippen molar-refractivity contribution in [2.75, 3.05) is 51.9 Å². The van der Waals surface area contributed by atoms with Crippen LogP contribution in [0.3, 0.4) is 0 Å². The molecular weight excluding hydrogens is 329 g/mol. The summed E-state index contributed by atoms with van der Waals surface area (Å²) in [5.74, 6) is 0.590. The molecule has 0 unspecified atom stereocenters. The van der Waals surface area contributed by atoms with Gasteiger partial charge >= 0.3 is 0 Å². The molecule has 6 nitrogen and oxygen atoms in total. The second-order valence-electron chi connectivity index (χ2n) is 4.47. The van der Waals surface area contributed by atoms with Crippen molar-refractivity contribution in [3.63, 3.8) is 0 Å². The topological polar surface area (TPSA) is 55.3 Å². The van der Waals surface area contributed by atoms with Crippen LogP contribution in [0.15, 0.2) is 23.2 Å². The second kappa shape index (κ2) is 9.17. The van der Waals surface area contributed by atoms with Gasteiger partial charge < -0.3 is 14.8 Å². The van der Waals surface area contributed by atoms with Crippen molar-refractivity contribution in [1.82, 2.24) is 5.06 Å². The summed E-state index contributed by atoms with van der Waals surface area (Å²) in [6.07, 6.45) is 0. The van der Waals surface area contributed by atoms with Crippen molar-refractivity contribution in [2.45, 2.75) is 0 Å². The summed E-state index contributed by atoms with van der Waals surface area (Å²) in [5.41, 5.74) is 0.622. The summed E-state index contributed by atoms with van der Waals surface area (Å²) < 4.78 is 10.2. The fourth-order valence-corrected chi connectivity index (χ4v) is 2.33. The van der Waals surface area contributed by atoms with Gasteiger partial charge in [-0.25, -0.2) is 10.1 Å². The number of aliphatic imine (C=N–C) groups is 1. The summed E-state index contributed by atoms with van der Waals surface area (Å²) >= 11 is 12.3. The standard InChI is InChI=1S/C14H19Cl2N3O3/c1-20-7-8-21-9-10-22-19-6-5-17-14(19)18-13-11(15)3-2-4-12(13)16/h2-4H,5-10H2,1H3,(H,17,18). The maximum atomic E-state index is 6.14. The SMILES string of the molecule is COCCOCCON1CCN=C1Nc1c(Cl)cccc1Cl. The van der Waals surface area contributed by atoms with E-state index in [2.05, 4.69) is 10.3 Å². The van der Waals surface area contributed by atoms with Crippen LogP contribution in [0.2, 0.25) is 10.0 Å². The molecule has 2 rings (SSSR count). The lowest BCUT2D eigenvalue weighted by Gasteiger charge is -2.21. The first-order chi connectivity index (χ1) is 10.7. The predicted molar refractivity (Wildman–Crippen MR) is 87.7 cm³/mol. The highest BCUT2D eigenvalue weighted by atomic mass is 35.5. The molecular formula is C14H19Cl2N3O3. The van der Waals surface area contributed by atoms with Gasteiger partial charge in [0, 0.05) is 7.11 Å². The molecule has 8 heteroatoms. The highest BCUT2D eigenvalue weighted by molar-refractivity contribution is 6.39. The Morgan fingerprint density at radius 2 is 1.91 bits per heavy atom. The van der Waals surface area contributed by atoms with Gasteiger partial charge in [0.25, 0.3) is 0 Å². The number of nitrogens with one attached hydrogen (secondary N) is 1. The Balaban J connectivity index is 1.81. The molecule has 1 aliphatic heterocycles. The summed E-state index contributed by atoms with van der Waals surface area (Å²) in [6.45, 7) is 3.36. The number of hydroxylamine groups is 2. The minimum absolute atomic E-state index is 0.431. The molecule has 22 heavy (non-hydrogen) atoms. The van der Waals surface area contributed by atoms with Gasteiger partial charge in [-0.15, -0.1) is 0 Å². The lowest BCUT2D eigenvalue weighted by atomic mass is 10.3. The van der Waals surface area contributed by atoms with Gasteiger partial charge in [-0.3, -0.25) is 4.84 Å². The molecule has 1 aromatic carbocycles. The van der Waals surface area contributed by atoms with Gasteiger partial charge in [0.15, 0.2) is 0 Å².